The number of nitrogens with one attached hydrogen (secondary N) is 2. The van der Waals surface area contributed by atoms with Gasteiger partial charge in [0.05, 0.1) is 5.69 Å². The number of nitrogen functional groups attached to an aromatic ring is 1. The molecule has 0 saturated heterocycles. The molecule has 94 valence electrons. The number of nitrogens with two attached hydrogens (primary N) is 1. The molecule has 3 aromatic carbocycles. The van der Waals surface area contributed by atoms with Gasteiger partial charge in [-0.1, -0.05) is 30.3 Å². The van der Waals surface area contributed by atoms with Gasteiger partial charge in [-0.05, 0) is 22.9 Å². The van der Waals surface area contributed by atoms with E-state index in [4.69, 9.17) is 11.4 Å². The summed E-state index contributed by atoms with van der Waals surface area (Å²) >= 11 is 0. The Morgan fingerprint density at radius 2 is 1.68 bits per heavy atom. The van der Waals surface area contributed by atoms with Crippen LogP contribution in [-0.2, 0) is 0 Å². The molecule has 0 unspecified atom stereocenters. The van der Waals surface area contributed by atoms with E-state index in [1.807, 2.05) is 30.3 Å². The van der Waals surface area contributed by atoms with Crippen LogP contribution in [0.25, 0.3) is 21.5 Å². The van der Waals surface area contributed by atoms with Gasteiger partial charge in [0, 0.05) is 10.8 Å². The Hall–Kier alpha value is -2.66. The maximum atomic E-state index is 9.63. The van der Waals surface area contributed by atoms with E-state index in [0.717, 1.165) is 16.2 Å². The lowest BCUT2D eigenvalue weighted by Crippen LogP contribution is -2.07. The summed E-state index contributed by atoms with van der Waals surface area (Å²) in [5.41, 5.74) is 11.0. The van der Waals surface area contributed by atoms with Crippen molar-refractivity contribution in [2.24, 2.45) is 11.0 Å². The van der Waals surface area contributed by atoms with Gasteiger partial charge in [0.2, 0.25) is 0 Å². The predicted octanol–water partition coefficient (Wildman–Crippen LogP) is 3.65. The summed E-state index contributed by atoms with van der Waals surface area (Å²) in [5, 5.41) is 16.7. The first-order valence-electron chi connectivity index (χ1n) is 5.77. The number of aromatic hydroxyl groups is 1. The van der Waals surface area contributed by atoms with Gasteiger partial charge >= 0.3 is 0 Å². The van der Waals surface area contributed by atoms with E-state index in [9.17, 15) is 5.11 Å². The molecular formula is C14H12N4O. The van der Waals surface area contributed by atoms with Crippen LogP contribution >= 0.6 is 0 Å². The minimum absolute atomic E-state index is 0.135. The van der Waals surface area contributed by atoms with Gasteiger partial charge in [0.1, 0.15) is 11.4 Å². The second-order valence-corrected chi connectivity index (χ2v) is 4.26. The van der Waals surface area contributed by atoms with E-state index in [-0.39, 0.29) is 5.75 Å². The Bertz CT molecular complexity index is 798. The Balaban J connectivity index is 2.64. The fraction of sp³-hybridized carbons (Fsp3) is 0. The van der Waals surface area contributed by atoms with E-state index < -0.39 is 0 Å². The van der Waals surface area contributed by atoms with Crippen LogP contribution in [0.15, 0.2) is 47.6 Å². The number of fused-ring (bicyclic) bond motifs is 3. The zero-order valence-electron chi connectivity index (χ0n) is 10.0. The highest BCUT2D eigenvalue weighted by Crippen LogP contribution is 2.42. The average molecular weight is 252 g/mol. The van der Waals surface area contributed by atoms with Gasteiger partial charge in [0.15, 0.2) is 0 Å². The lowest BCUT2D eigenvalue weighted by Gasteiger charge is -2.13. The largest absolute Gasteiger partial charge is 0.508 e. The Morgan fingerprint density at radius 1 is 1.00 bits per heavy atom. The van der Waals surface area contributed by atoms with Crippen LogP contribution in [0, 0.1) is 5.53 Å². The molecule has 0 heterocycles. The topological polar surface area (TPSA) is 94.5 Å². The molecule has 5 nitrogen and oxygen atoms in total. The number of phenolic OH excluding ortho intramolecular Hbond substituents is 1. The van der Waals surface area contributed by atoms with E-state index in [0.29, 0.717) is 16.8 Å². The van der Waals surface area contributed by atoms with Crippen molar-refractivity contribution in [3.05, 3.63) is 42.5 Å². The van der Waals surface area contributed by atoms with Gasteiger partial charge in [-0.3, -0.25) is 5.84 Å². The van der Waals surface area contributed by atoms with Crippen molar-refractivity contribution in [3.63, 3.8) is 0 Å². The summed E-state index contributed by atoms with van der Waals surface area (Å²) in [6, 6.07) is 12.8. The number of benzene rings is 3. The molecule has 3 aromatic rings. The smallest absolute Gasteiger partial charge is 0.118 e. The first-order valence-corrected chi connectivity index (χ1v) is 5.77. The minimum atomic E-state index is 0.135. The van der Waals surface area contributed by atoms with Gasteiger partial charge in [-0.2, -0.15) is 5.11 Å². The van der Waals surface area contributed by atoms with Crippen LogP contribution in [0.4, 0.5) is 11.4 Å². The second kappa shape index (κ2) is 4.22. The number of rotatable bonds is 2. The third kappa shape index (κ3) is 1.60. The molecule has 0 fully saturated rings. The van der Waals surface area contributed by atoms with Crippen molar-refractivity contribution in [3.8, 4) is 5.75 Å². The van der Waals surface area contributed by atoms with E-state index in [2.05, 4.69) is 10.5 Å². The van der Waals surface area contributed by atoms with Gasteiger partial charge < -0.3 is 10.5 Å². The fourth-order valence-electron chi connectivity index (χ4n) is 2.42. The van der Waals surface area contributed by atoms with Crippen LogP contribution in [0.5, 0.6) is 5.75 Å². The van der Waals surface area contributed by atoms with Crippen LogP contribution < -0.4 is 11.3 Å². The van der Waals surface area contributed by atoms with Crippen molar-refractivity contribution in [1.82, 2.24) is 0 Å². The molecule has 0 atom stereocenters. The van der Waals surface area contributed by atoms with Gasteiger partial charge in [-0.25, -0.2) is 5.53 Å². The zero-order chi connectivity index (χ0) is 13.4. The molecule has 5 N–H and O–H groups in total. The number of nitrogens with zero attached hydrogens (tertiary/aromatic N) is 1. The molecule has 3 rings (SSSR count). The Kier molecular flexibility index (Phi) is 2.54. The summed E-state index contributed by atoms with van der Waals surface area (Å²) in [4.78, 5) is 0. The second-order valence-electron chi connectivity index (χ2n) is 4.26. The summed E-state index contributed by atoms with van der Waals surface area (Å²) in [6.45, 7) is 0. The van der Waals surface area contributed by atoms with Crippen molar-refractivity contribution in [2.75, 3.05) is 5.43 Å². The summed E-state index contributed by atoms with van der Waals surface area (Å²) < 4.78 is 0. The molecule has 19 heavy (non-hydrogen) atoms. The van der Waals surface area contributed by atoms with Crippen molar-refractivity contribution < 1.29 is 5.11 Å². The van der Waals surface area contributed by atoms with E-state index >= 15 is 0 Å². The van der Waals surface area contributed by atoms with Gasteiger partial charge in [-0.15, -0.1) is 0 Å². The fourth-order valence-corrected chi connectivity index (χ4v) is 2.42. The first kappa shape index (κ1) is 11.4. The summed E-state index contributed by atoms with van der Waals surface area (Å²) in [7, 11) is 0. The number of phenols is 1. The highest BCUT2D eigenvalue weighted by molar-refractivity contribution is 6.19. The zero-order valence-corrected chi connectivity index (χ0v) is 10.0. The third-order valence-electron chi connectivity index (χ3n) is 3.24. The molecule has 0 aliphatic rings. The normalized spacial score (nSPS) is 10.8. The molecule has 0 amide bonds. The maximum Gasteiger partial charge on any atom is 0.118 e. The third-order valence-corrected chi connectivity index (χ3v) is 3.24. The quantitative estimate of drug-likeness (QED) is 0.243. The molecule has 0 bridgehead atoms. The summed E-state index contributed by atoms with van der Waals surface area (Å²) in [6.07, 6.45) is 0. The molecule has 0 aliphatic carbocycles. The first-order chi connectivity index (χ1) is 9.26. The predicted molar refractivity (Wildman–Crippen MR) is 75.7 cm³/mol. The van der Waals surface area contributed by atoms with Crippen molar-refractivity contribution >= 4 is 32.9 Å². The van der Waals surface area contributed by atoms with Crippen LogP contribution in [0.1, 0.15) is 0 Å². The van der Waals surface area contributed by atoms with Gasteiger partial charge in [0.25, 0.3) is 0 Å². The maximum absolute atomic E-state index is 9.63. The molecule has 5 heteroatoms. The van der Waals surface area contributed by atoms with Crippen LogP contribution in [0.3, 0.4) is 0 Å². The number of hydrazine groups is 1. The molecule has 0 saturated carbocycles. The van der Waals surface area contributed by atoms with E-state index in [1.54, 1.807) is 12.1 Å². The Morgan fingerprint density at radius 3 is 2.37 bits per heavy atom. The highest BCUT2D eigenvalue weighted by atomic mass is 16.3. The van der Waals surface area contributed by atoms with Crippen LogP contribution in [0.2, 0.25) is 0 Å². The van der Waals surface area contributed by atoms with E-state index in [1.165, 1.54) is 0 Å². The van der Waals surface area contributed by atoms with Crippen LogP contribution in [-0.4, -0.2) is 5.11 Å². The molecule has 0 aromatic heterocycles. The van der Waals surface area contributed by atoms with Crippen molar-refractivity contribution in [1.29, 1.82) is 5.53 Å². The van der Waals surface area contributed by atoms with Crippen molar-refractivity contribution in [2.45, 2.75) is 0 Å². The number of hydrogen-bond acceptors (Lipinski definition) is 5. The standard InChI is InChI=1S/C14H12N4O/c15-17-13-11-4-2-1-3-9(11)10-6-5-8(19)7-12(10)14(13)18-16/h1-7,16-17,19H,15H2. The molecular weight excluding hydrogens is 240 g/mol. The molecule has 0 aliphatic heterocycles. The molecule has 0 radical (unpaired) electrons. The summed E-state index contributed by atoms with van der Waals surface area (Å²) in [5.74, 6) is 5.70. The minimum Gasteiger partial charge on any atom is -0.508 e. The lowest BCUT2D eigenvalue weighted by atomic mass is 9.98. The number of hydrogen-bond donors (Lipinski definition) is 4. The Labute approximate surface area is 109 Å². The highest BCUT2D eigenvalue weighted by Gasteiger charge is 2.13. The number of anilines is 1. The monoisotopic (exact) mass is 252 g/mol. The average Bonchev–Trinajstić information content (AvgIpc) is 2.45. The SMILES string of the molecule is N=Nc1c(NN)c2ccccc2c2ccc(O)cc12. The lowest BCUT2D eigenvalue weighted by molar-refractivity contribution is 0.476. The molecule has 0 spiro atoms.